The first-order valence-electron chi connectivity index (χ1n) is 17.1. The zero-order chi connectivity index (χ0) is 35.6. The lowest BCUT2D eigenvalue weighted by molar-refractivity contribution is -0.137. The van der Waals surface area contributed by atoms with Crippen molar-refractivity contribution in [2.75, 3.05) is 64.0 Å². The molecule has 15 heteroatoms. The summed E-state index contributed by atoms with van der Waals surface area (Å²) in [7, 11) is 2.07. The van der Waals surface area contributed by atoms with Gasteiger partial charge in [-0.1, -0.05) is 13.8 Å². The molecule has 5 heterocycles. The number of nitrogen functional groups attached to an aromatic ring is 1. The van der Waals surface area contributed by atoms with Gasteiger partial charge in [0.05, 0.1) is 29.6 Å². The first-order valence-corrected chi connectivity index (χ1v) is 17.1. The molecule has 0 aromatic carbocycles. The molecule has 3 aromatic heterocycles. The van der Waals surface area contributed by atoms with Crippen LogP contribution in [-0.4, -0.2) is 89.5 Å². The molecule has 4 N–H and O–H groups in total. The van der Waals surface area contributed by atoms with Crippen molar-refractivity contribution < 1.29 is 31.8 Å². The molecule has 2 atom stereocenters. The summed E-state index contributed by atoms with van der Waals surface area (Å²) < 4.78 is 77.9. The summed E-state index contributed by atoms with van der Waals surface area (Å²) in [6.45, 7) is 13.4. The summed E-state index contributed by atoms with van der Waals surface area (Å²) in [4.78, 5) is 19.4. The topological polar surface area (TPSA) is 133 Å². The molecular formula is C34H48F4N8O3. The first kappa shape index (κ1) is 36.7. The number of aromatic nitrogens is 4. The van der Waals surface area contributed by atoms with Gasteiger partial charge in [0, 0.05) is 43.8 Å². The van der Waals surface area contributed by atoms with Crippen molar-refractivity contribution in [1.82, 2.24) is 30.2 Å². The van der Waals surface area contributed by atoms with Gasteiger partial charge in [-0.2, -0.15) is 23.1 Å². The number of nitrogens with one attached hydrogen (secondary N) is 2. The Kier molecular flexibility index (Phi) is 11.0. The van der Waals surface area contributed by atoms with Crippen molar-refractivity contribution in [1.29, 1.82) is 0 Å². The Morgan fingerprint density at radius 3 is 2.51 bits per heavy atom. The number of likely N-dealkylation sites (N-methyl/N-ethyl adjacent to an activating group) is 1. The summed E-state index contributed by atoms with van der Waals surface area (Å²) in [5, 5.41) is 6.61. The van der Waals surface area contributed by atoms with Gasteiger partial charge in [-0.05, 0) is 72.5 Å². The molecule has 1 saturated carbocycles. The lowest BCUT2D eigenvalue weighted by Crippen LogP contribution is -2.41. The Balaban J connectivity index is 0.00000230. The molecular weight excluding hydrogens is 644 g/mol. The second-order valence-corrected chi connectivity index (χ2v) is 13.5. The second kappa shape index (κ2) is 14.7. The van der Waals surface area contributed by atoms with Gasteiger partial charge in [0.1, 0.15) is 28.2 Å². The predicted octanol–water partition coefficient (Wildman–Crippen LogP) is 5.99. The molecule has 1 unspecified atom stereocenters. The van der Waals surface area contributed by atoms with E-state index in [0.29, 0.717) is 32.7 Å². The monoisotopic (exact) mass is 692 g/mol. The highest BCUT2D eigenvalue weighted by Crippen LogP contribution is 2.47. The van der Waals surface area contributed by atoms with E-state index in [4.69, 9.17) is 19.9 Å². The SMILES string of the molecule is CC.Cc1nc(N)cc(-c2nc3c4c(nc(OCC5(CN(C)CC6(C)CCCO6)CC5)nc4c2F)NCCNCC[C@H](C)O3)c1C(F)(F)F. The summed E-state index contributed by atoms with van der Waals surface area (Å²) in [6.07, 6.45) is -0.740. The third-order valence-electron chi connectivity index (χ3n) is 9.10. The minimum Gasteiger partial charge on any atom is -0.474 e. The van der Waals surface area contributed by atoms with Gasteiger partial charge in [-0.15, -0.1) is 0 Å². The van der Waals surface area contributed by atoms with Crippen LogP contribution in [0, 0.1) is 18.2 Å². The fraction of sp³-hybridized carbons (Fsp3) is 0.647. The number of ether oxygens (including phenoxy) is 3. The highest BCUT2D eigenvalue weighted by molar-refractivity contribution is 5.96. The van der Waals surface area contributed by atoms with Gasteiger partial charge < -0.3 is 35.5 Å². The number of nitrogens with zero attached hydrogens (tertiary/aromatic N) is 5. The van der Waals surface area contributed by atoms with E-state index in [1.165, 1.54) is 6.92 Å². The van der Waals surface area contributed by atoms with Gasteiger partial charge in [0.15, 0.2) is 5.82 Å². The minimum atomic E-state index is -4.86. The minimum absolute atomic E-state index is 0.0936. The maximum atomic E-state index is 16.6. The van der Waals surface area contributed by atoms with Crippen LogP contribution in [0.1, 0.15) is 71.1 Å². The molecule has 11 nitrogen and oxygen atoms in total. The molecule has 49 heavy (non-hydrogen) atoms. The second-order valence-electron chi connectivity index (χ2n) is 13.5. The maximum Gasteiger partial charge on any atom is 0.418 e. The van der Waals surface area contributed by atoms with Crippen LogP contribution in [0.15, 0.2) is 6.07 Å². The molecule has 2 fully saturated rings. The van der Waals surface area contributed by atoms with Gasteiger partial charge in [-0.3, -0.25) is 0 Å². The Labute approximate surface area is 284 Å². The first-order chi connectivity index (χ1) is 23.3. The van der Waals surface area contributed by atoms with Crippen molar-refractivity contribution >= 4 is 22.5 Å². The van der Waals surface area contributed by atoms with E-state index in [0.717, 1.165) is 51.4 Å². The maximum absolute atomic E-state index is 16.6. The number of aryl methyl sites for hydroxylation is 1. The smallest absolute Gasteiger partial charge is 0.418 e. The average molecular weight is 693 g/mol. The Hall–Kier alpha value is -3.56. The zero-order valence-electron chi connectivity index (χ0n) is 29.2. The quantitative estimate of drug-likeness (QED) is 0.241. The fourth-order valence-electron chi connectivity index (χ4n) is 6.67. The molecule has 0 radical (unpaired) electrons. The normalized spacial score (nSPS) is 22.1. The number of anilines is 2. The van der Waals surface area contributed by atoms with Gasteiger partial charge >= 0.3 is 12.2 Å². The molecule has 1 saturated heterocycles. The summed E-state index contributed by atoms with van der Waals surface area (Å²) in [5.41, 5.74) is 2.60. The molecule has 1 aliphatic carbocycles. The van der Waals surface area contributed by atoms with Crippen LogP contribution in [0.3, 0.4) is 0 Å². The highest BCUT2D eigenvalue weighted by Gasteiger charge is 2.46. The van der Waals surface area contributed by atoms with Crippen LogP contribution in [0.2, 0.25) is 0 Å². The molecule has 3 aliphatic rings. The van der Waals surface area contributed by atoms with Crippen molar-refractivity contribution in [2.24, 2.45) is 5.41 Å². The van der Waals surface area contributed by atoms with Crippen molar-refractivity contribution in [3.8, 4) is 23.1 Å². The van der Waals surface area contributed by atoms with Crippen LogP contribution in [-0.2, 0) is 10.9 Å². The molecule has 270 valence electrons. The molecule has 0 amide bonds. The van der Waals surface area contributed by atoms with Crippen molar-refractivity contribution in [3.63, 3.8) is 0 Å². The number of pyridine rings is 2. The van der Waals surface area contributed by atoms with E-state index >= 15 is 4.39 Å². The van der Waals surface area contributed by atoms with Gasteiger partial charge in [-0.25, -0.2) is 14.4 Å². The molecule has 0 spiro atoms. The van der Waals surface area contributed by atoms with E-state index in [1.54, 1.807) is 0 Å². The Bertz CT molecular complexity index is 1630. The van der Waals surface area contributed by atoms with Gasteiger partial charge in [0.2, 0.25) is 5.88 Å². The van der Waals surface area contributed by atoms with E-state index < -0.39 is 40.6 Å². The Morgan fingerprint density at radius 2 is 1.84 bits per heavy atom. The van der Waals surface area contributed by atoms with E-state index in [1.807, 2.05) is 20.8 Å². The van der Waals surface area contributed by atoms with Crippen LogP contribution in [0.25, 0.3) is 22.2 Å². The number of rotatable bonds is 8. The van der Waals surface area contributed by atoms with Crippen LogP contribution in [0.4, 0.5) is 29.2 Å². The van der Waals surface area contributed by atoms with E-state index in [2.05, 4.69) is 49.4 Å². The third-order valence-corrected chi connectivity index (χ3v) is 9.10. The standard InChI is InChI=1S/C32H42F4N8O3.C2H6/c1-18-6-10-38-11-12-39-27-22-26(24(33)25(41-28(22)47-18)20-14-21(37)40-19(2)23(20)32(34,35)36)42-29(43-27)45-17-31(8-9-31)16-44(4)15-30(3)7-5-13-46-30;1-2/h14,18,38H,5-13,15-17H2,1-4H3,(H2,37,40)(H,39,42,43);1-2H3/t18-,30?;/m0./s1. The number of alkyl halides is 3. The summed E-state index contributed by atoms with van der Waals surface area (Å²) >= 11 is 0. The summed E-state index contributed by atoms with van der Waals surface area (Å²) in [5.74, 6) is -1.17. The molecule has 0 bridgehead atoms. The van der Waals surface area contributed by atoms with E-state index in [9.17, 15) is 13.2 Å². The Morgan fingerprint density at radius 1 is 1.08 bits per heavy atom. The average Bonchev–Trinajstić information content (AvgIpc) is 3.66. The molecule has 6 rings (SSSR count). The number of nitrogens with two attached hydrogens (primary N) is 1. The van der Waals surface area contributed by atoms with Crippen LogP contribution >= 0.6 is 0 Å². The van der Waals surface area contributed by atoms with E-state index in [-0.39, 0.29) is 45.4 Å². The largest absolute Gasteiger partial charge is 0.474 e. The number of hydrogen-bond donors (Lipinski definition) is 3. The van der Waals surface area contributed by atoms with Crippen LogP contribution in [0.5, 0.6) is 11.9 Å². The highest BCUT2D eigenvalue weighted by atomic mass is 19.4. The van der Waals surface area contributed by atoms with Crippen molar-refractivity contribution in [3.05, 3.63) is 23.1 Å². The molecule has 2 aliphatic heterocycles. The molecule has 3 aromatic rings. The van der Waals surface area contributed by atoms with Gasteiger partial charge in [0.25, 0.3) is 0 Å². The zero-order valence-corrected chi connectivity index (χ0v) is 29.2. The lowest BCUT2D eigenvalue weighted by atomic mass is 10.0. The third kappa shape index (κ3) is 8.43. The fourth-order valence-corrected chi connectivity index (χ4v) is 6.67. The lowest BCUT2D eigenvalue weighted by Gasteiger charge is -2.31. The van der Waals surface area contributed by atoms with Crippen LogP contribution < -0.4 is 25.8 Å². The summed E-state index contributed by atoms with van der Waals surface area (Å²) in [6, 6.07) is 0.875. The predicted molar refractivity (Wildman–Crippen MR) is 180 cm³/mol. The number of hydrogen-bond acceptors (Lipinski definition) is 11. The number of halogens is 4. The van der Waals surface area contributed by atoms with Crippen molar-refractivity contribution in [2.45, 2.75) is 84.6 Å².